The van der Waals surface area contributed by atoms with Gasteiger partial charge in [0, 0.05) is 12.1 Å². The first kappa shape index (κ1) is 19.9. The number of alkyl halides is 3. The molecule has 0 aliphatic heterocycles. The molecule has 29 heavy (non-hydrogen) atoms. The zero-order valence-corrected chi connectivity index (χ0v) is 14.7. The highest BCUT2D eigenvalue weighted by Gasteiger charge is 2.32. The molecule has 0 fully saturated rings. The summed E-state index contributed by atoms with van der Waals surface area (Å²) in [7, 11) is 1.39. The molecule has 0 bridgehead atoms. The zero-order valence-electron chi connectivity index (χ0n) is 14.7. The average molecular weight is 407 g/mol. The lowest BCUT2D eigenvalue weighted by molar-refractivity contribution is -0.384. The molecule has 0 saturated carbocycles. The van der Waals surface area contributed by atoms with Crippen molar-refractivity contribution in [1.29, 1.82) is 0 Å². The second kappa shape index (κ2) is 7.62. The number of benzene rings is 1. The fourth-order valence-corrected chi connectivity index (χ4v) is 2.47. The smallest absolute Gasteiger partial charge is 0.431 e. The van der Waals surface area contributed by atoms with E-state index in [4.69, 9.17) is 9.15 Å². The van der Waals surface area contributed by atoms with Crippen molar-refractivity contribution in [3.63, 3.8) is 0 Å². The molecular weight excluding hydrogens is 395 g/mol. The molecule has 2 heterocycles. The van der Waals surface area contributed by atoms with Crippen molar-refractivity contribution in [2.24, 2.45) is 0 Å². The molecule has 1 aromatic carbocycles. The Kier molecular flexibility index (Phi) is 5.22. The number of hydrogen-bond donors (Lipinski definition) is 1. The minimum atomic E-state index is -4.72. The normalized spacial score (nSPS) is 11.7. The number of halogens is 3. The summed E-state index contributed by atoms with van der Waals surface area (Å²) in [6, 6.07) is 7.69. The Labute approximate surface area is 160 Å². The lowest BCUT2D eigenvalue weighted by Crippen LogP contribution is -2.19. The van der Waals surface area contributed by atoms with Crippen molar-refractivity contribution < 1.29 is 27.2 Å². The number of rotatable bonds is 5. The molecule has 3 aromatic rings. The SMILES string of the molecule is COc1ccc([N+](=O)[O-])cc1-c1ccc(C=Cc2cc(C(F)(F)F)[nH]c(=O)n2)o1. The number of non-ortho nitro benzene ring substituents is 1. The van der Waals surface area contributed by atoms with Crippen LogP contribution in [0.2, 0.25) is 0 Å². The molecular formula is C18H12F3N3O5. The van der Waals surface area contributed by atoms with Crippen LogP contribution in [0.15, 0.2) is 45.6 Å². The van der Waals surface area contributed by atoms with Gasteiger partial charge in [0.1, 0.15) is 23.0 Å². The Bertz CT molecular complexity index is 1150. The van der Waals surface area contributed by atoms with Gasteiger partial charge >= 0.3 is 11.9 Å². The highest BCUT2D eigenvalue weighted by molar-refractivity contribution is 5.72. The van der Waals surface area contributed by atoms with Gasteiger partial charge in [0.2, 0.25) is 0 Å². The number of aromatic amines is 1. The maximum absolute atomic E-state index is 12.8. The minimum absolute atomic E-state index is 0.165. The van der Waals surface area contributed by atoms with Crippen LogP contribution in [0.1, 0.15) is 17.1 Å². The van der Waals surface area contributed by atoms with Gasteiger partial charge in [-0.1, -0.05) is 0 Å². The number of aromatic nitrogens is 2. The summed E-state index contributed by atoms with van der Waals surface area (Å²) in [5.41, 5.74) is -2.41. The Morgan fingerprint density at radius 1 is 1.21 bits per heavy atom. The van der Waals surface area contributed by atoms with Crippen LogP contribution in [-0.4, -0.2) is 22.0 Å². The zero-order chi connectivity index (χ0) is 21.2. The average Bonchev–Trinajstić information content (AvgIpc) is 3.13. The number of furan rings is 1. The van der Waals surface area contributed by atoms with Gasteiger partial charge in [-0.15, -0.1) is 0 Å². The van der Waals surface area contributed by atoms with E-state index in [1.54, 1.807) is 4.98 Å². The molecule has 8 nitrogen and oxygen atoms in total. The van der Waals surface area contributed by atoms with Crippen molar-refractivity contribution in [1.82, 2.24) is 9.97 Å². The van der Waals surface area contributed by atoms with E-state index in [0.29, 0.717) is 17.4 Å². The van der Waals surface area contributed by atoms with Crippen molar-refractivity contribution in [2.75, 3.05) is 7.11 Å². The molecule has 0 radical (unpaired) electrons. The standard InChI is InChI=1S/C18H12F3N3O5/c1-28-14-6-3-11(24(26)27)9-13(14)15-7-5-12(29-15)4-2-10-8-16(18(19,20)21)23-17(25)22-10/h2-9H,1H3,(H,22,23,25). The van der Waals surface area contributed by atoms with E-state index in [2.05, 4.69) is 4.98 Å². The fourth-order valence-electron chi connectivity index (χ4n) is 2.47. The first-order valence-electron chi connectivity index (χ1n) is 7.96. The first-order valence-corrected chi connectivity index (χ1v) is 7.96. The summed E-state index contributed by atoms with van der Waals surface area (Å²) in [4.78, 5) is 26.8. The van der Waals surface area contributed by atoms with E-state index >= 15 is 0 Å². The number of methoxy groups -OCH3 is 1. The van der Waals surface area contributed by atoms with E-state index in [1.807, 2.05) is 0 Å². The minimum Gasteiger partial charge on any atom is -0.496 e. The summed E-state index contributed by atoms with van der Waals surface area (Å²) in [6.07, 6.45) is -2.23. The highest BCUT2D eigenvalue weighted by atomic mass is 19.4. The largest absolute Gasteiger partial charge is 0.496 e. The topological polar surface area (TPSA) is 111 Å². The lowest BCUT2D eigenvalue weighted by atomic mass is 10.1. The third-order valence-electron chi connectivity index (χ3n) is 3.77. The Balaban J connectivity index is 1.92. The summed E-state index contributed by atoms with van der Waals surface area (Å²) in [5, 5.41) is 11.0. The molecule has 0 aliphatic rings. The highest BCUT2D eigenvalue weighted by Crippen LogP contribution is 2.34. The molecule has 1 N–H and O–H groups in total. The van der Waals surface area contributed by atoms with Gasteiger partial charge in [-0.05, 0) is 36.4 Å². The predicted octanol–water partition coefficient (Wildman–Crippen LogP) is 4.14. The monoisotopic (exact) mass is 407 g/mol. The van der Waals surface area contributed by atoms with Gasteiger partial charge in [-0.3, -0.25) is 10.1 Å². The number of nitrogens with zero attached hydrogens (tertiary/aromatic N) is 2. The van der Waals surface area contributed by atoms with Crippen molar-refractivity contribution in [3.8, 4) is 17.1 Å². The van der Waals surface area contributed by atoms with Crippen LogP contribution in [0.25, 0.3) is 23.5 Å². The number of nitrogens with one attached hydrogen (secondary N) is 1. The molecule has 0 aliphatic carbocycles. The maximum Gasteiger partial charge on any atom is 0.431 e. The lowest BCUT2D eigenvalue weighted by Gasteiger charge is -2.06. The van der Waals surface area contributed by atoms with E-state index in [-0.39, 0.29) is 22.9 Å². The van der Waals surface area contributed by atoms with E-state index in [9.17, 15) is 28.1 Å². The Morgan fingerprint density at radius 2 is 1.97 bits per heavy atom. The number of ether oxygens (including phenoxy) is 1. The number of nitro benzene ring substituents is 1. The maximum atomic E-state index is 12.8. The fraction of sp³-hybridized carbons (Fsp3) is 0.111. The van der Waals surface area contributed by atoms with Crippen molar-refractivity contribution >= 4 is 17.8 Å². The van der Waals surface area contributed by atoms with Gasteiger partial charge in [-0.25, -0.2) is 4.79 Å². The molecule has 0 unspecified atom stereocenters. The van der Waals surface area contributed by atoms with Crippen molar-refractivity contribution in [3.05, 3.63) is 74.1 Å². The van der Waals surface area contributed by atoms with Gasteiger partial charge in [0.25, 0.3) is 5.69 Å². The van der Waals surface area contributed by atoms with Crippen LogP contribution < -0.4 is 10.4 Å². The molecule has 0 atom stereocenters. The summed E-state index contributed by atoms with van der Waals surface area (Å²) in [6.45, 7) is 0. The van der Waals surface area contributed by atoms with E-state index in [1.165, 1.54) is 49.6 Å². The van der Waals surface area contributed by atoms with Crippen LogP contribution in [0.5, 0.6) is 5.75 Å². The number of hydrogen-bond acceptors (Lipinski definition) is 6. The van der Waals surface area contributed by atoms with E-state index < -0.39 is 22.5 Å². The molecule has 150 valence electrons. The Morgan fingerprint density at radius 3 is 2.62 bits per heavy atom. The van der Waals surface area contributed by atoms with E-state index in [0.717, 1.165) is 0 Å². The molecule has 3 rings (SSSR count). The molecule has 0 amide bonds. The molecule has 2 aromatic heterocycles. The second-order valence-corrected chi connectivity index (χ2v) is 5.70. The van der Waals surface area contributed by atoms with Crippen LogP contribution in [0, 0.1) is 10.1 Å². The quantitative estimate of drug-likeness (QED) is 0.503. The van der Waals surface area contributed by atoms with Gasteiger partial charge in [0.15, 0.2) is 0 Å². The van der Waals surface area contributed by atoms with Gasteiger partial charge in [-0.2, -0.15) is 18.2 Å². The third kappa shape index (κ3) is 4.51. The van der Waals surface area contributed by atoms with Crippen molar-refractivity contribution in [2.45, 2.75) is 6.18 Å². The van der Waals surface area contributed by atoms with Crippen LogP contribution in [0.4, 0.5) is 18.9 Å². The number of H-pyrrole nitrogens is 1. The Hall–Kier alpha value is -3.89. The summed E-state index contributed by atoms with van der Waals surface area (Å²) < 4.78 is 49.0. The molecule has 0 saturated heterocycles. The molecule has 11 heteroatoms. The van der Waals surface area contributed by atoms with Crippen LogP contribution >= 0.6 is 0 Å². The van der Waals surface area contributed by atoms with Gasteiger partial charge < -0.3 is 14.1 Å². The first-order chi connectivity index (χ1) is 13.7. The third-order valence-corrected chi connectivity index (χ3v) is 3.77. The predicted molar refractivity (Wildman–Crippen MR) is 96.1 cm³/mol. The number of nitro groups is 1. The molecule has 0 spiro atoms. The van der Waals surface area contributed by atoms with Gasteiger partial charge in [0.05, 0.1) is 23.3 Å². The summed E-state index contributed by atoms with van der Waals surface area (Å²) in [5.74, 6) is 0.816. The summed E-state index contributed by atoms with van der Waals surface area (Å²) >= 11 is 0. The second-order valence-electron chi connectivity index (χ2n) is 5.70. The van der Waals surface area contributed by atoms with Crippen LogP contribution in [0.3, 0.4) is 0 Å². The van der Waals surface area contributed by atoms with Crippen LogP contribution in [-0.2, 0) is 6.18 Å².